The van der Waals surface area contributed by atoms with Crippen LogP contribution in [0.2, 0.25) is 0 Å². The fourth-order valence-corrected chi connectivity index (χ4v) is 3.73. The summed E-state index contributed by atoms with van der Waals surface area (Å²) in [6.07, 6.45) is 2.28. The number of para-hydroxylation sites is 1. The number of rotatable bonds is 3. The van der Waals surface area contributed by atoms with E-state index >= 15 is 0 Å². The first-order chi connectivity index (χ1) is 8.17. The second-order valence-electron chi connectivity index (χ2n) is 4.59. The van der Waals surface area contributed by atoms with E-state index in [1.807, 2.05) is 24.3 Å². The fraction of sp³-hybridized carbons (Fsp3) is 0.500. The molecule has 0 radical (unpaired) electrons. The Kier molecular flexibility index (Phi) is 2.60. The van der Waals surface area contributed by atoms with Crippen LogP contribution in [-0.2, 0) is 10.0 Å². The van der Waals surface area contributed by atoms with Crippen molar-refractivity contribution in [1.29, 1.82) is 0 Å². The minimum Gasteiger partial charge on any atom is -0.493 e. The first kappa shape index (κ1) is 11.0. The Balaban J connectivity index is 1.85. The van der Waals surface area contributed by atoms with Crippen LogP contribution in [0.5, 0.6) is 5.75 Å². The zero-order valence-corrected chi connectivity index (χ0v) is 10.2. The van der Waals surface area contributed by atoms with Crippen molar-refractivity contribution in [2.45, 2.75) is 30.6 Å². The van der Waals surface area contributed by atoms with Crippen LogP contribution in [0.3, 0.4) is 0 Å². The third-order valence-electron chi connectivity index (χ3n) is 3.23. The number of nitrogens with one attached hydrogen (secondary N) is 1. The van der Waals surface area contributed by atoms with Gasteiger partial charge in [0.05, 0.1) is 17.9 Å². The lowest BCUT2D eigenvalue weighted by atomic mass is 10.0. The lowest BCUT2D eigenvalue weighted by Crippen LogP contribution is -2.34. The number of fused-ring (bicyclic) bond motifs is 1. The summed E-state index contributed by atoms with van der Waals surface area (Å²) in [7, 11) is -3.13. The van der Waals surface area contributed by atoms with Crippen molar-refractivity contribution in [2.75, 3.05) is 6.61 Å². The normalized spacial score (nSPS) is 23.9. The van der Waals surface area contributed by atoms with E-state index in [1.54, 1.807) is 0 Å². The fourth-order valence-electron chi connectivity index (χ4n) is 2.14. The van der Waals surface area contributed by atoms with Gasteiger partial charge in [-0.3, -0.25) is 0 Å². The Morgan fingerprint density at radius 2 is 1.94 bits per heavy atom. The highest BCUT2D eigenvalue weighted by molar-refractivity contribution is 7.90. The van der Waals surface area contributed by atoms with Crippen LogP contribution in [0, 0.1) is 0 Å². The predicted molar refractivity (Wildman–Crippen MR) is 64.4 cm³/mol. The van der Waals surface area contributed by atoms with Crippen LogP contribution in [0.1, 0.15) is 30.9 Å². The maximum atomic E-state index is 11.9. The molecule has 1 unspecified atom stereocenters. The molecule has 1 aromatic carbocycles. The first-order valence-corrected chi connectivity index (χ1v) is 7.44. The molecule has 0 bridgehead atoms. The van der Waals surface area contributed by atoms with Gasteiger partial charge in [-0.25, -0.2) is 13.1 Å². The predicted octanol–water partition coefficient (Wildman–Crippen LogP) is 1.59. The van der Waals surface area contributed by atoms with Gasteiger partial charge in [0.25, 0.3) is 0 Å². The van der Waals surface area contributed by atoms with Crippen molar-refractivity contribution in [2.24, 2.45) is 0 Å². The highest BCUT2D eigenvalue weighted by Gasteiger charge is 2.38. The van der Waals surface area contributed by atoms with Crippen molar-refractivity contribution in [3.63, 3.8) is 0 Å². The van der Waals surface area contributed by atoms with E-state index in [0.717, 1.165) is 24.2 Å². The van der Waals surface area contributed by atoms with E-state index in [1.165, 1.54) is 0 Å². The first-order valence-electron chi connectivity index (χ1n) is 5.90. The van der Waals surface area contributed by atoms with Crippen LogP contribution >= 0.6 is 0 Å². The zero-order valence-electron chi connectivity index (χ0n) is 9.43. The minimum atomic E-state index is -3.13. The van der Waals surface area contributed by atoms with Gasteiger partial charge in [-0.2, -0.15) is 0 Å². The lowest BCUT2D eigenvalue weighted by molar-refractivity contribution is 0.263. The summed E-state index contributed by atoms with van der Waals surface area (Å²) >= 11 is 0. The summed E-state index contributed by atoms with van der Waals surface area (Å²) in [5.74, 6) is 0.794. The average Bonchev–Trinajstić information content (AvgIpc) is 3.13. The molecule has 0 aromatic heterocycles. The molecule has 1 aliphatic carbocycles. The van der Waals surface area contributed by atoms with Crippen LogP contribution in [-0.4, -0.2) is 20.3 Å². The molecule has 1 fully saturated rings. The monoisotopic (exact) mass is 253 g/mol. The van der Waals surface area contributed by atoms with Crippen molar-refractivity contribution < 1.29 is 13.2 Å². The number of ether oxygens (including phenoxy) is 1. The summed E-state index contributed by atoms with van der Waals surface area (Å²) in [4.78, 5) is 0. The molecule has 1 saturated carbocycles. The molecule has 1 aromatic rings. The van der Waals surface area contributed by atoms with Gasteiger partial charge in [0.15, 0.2) is 0 Å². The van der Waals surface area contributed by atoms with Crippen LogP contribution in [0.4, 0.5) is 0 Å². The second kappa shape index (κ2) is 3.99. The van der Waals surface area contributed by atoms with E-state index in [2.05, 4.69) is 4.72 Å². The van der Waals surface area contributed by atoms with Gasteiger partial charge >= 0.3 is 0 Å². The molecule has 0 spiro atoms. The Hall–Kier alpha value is -1.07. The van der Waals surface area contributed by atoms with Crippen molar-refractivity contribution in [3.8, 4) is 5.75 Å². The summed E-state index contributed by atoms with van der Waals surface area (Å²) in [6, 6.07) is 7.48. The van der Waals surface area contributed by atoms with E-state index in [0.29, 0.717) is 13.0 Å². The quantitative estimate of drug-likeness (QED) is 0.890. The van der Waals surface area contributed by atoms with Gasteiger partial charge in [0, 0.05) is 12.0 Å². The van der Waals surface area contributed by atoms with E-state index in [9.17, 15) is 8.42 Å². The summed E-state index contributed by atoms with van der Waals surface area (Å²) < 4.78 is 32.2. The topological polar surface area (TPSA) is 55.4 Å². The molecule has 17 heavy (non-hydrogen) atoms. The van der Waals surface area contributed by atoms with Crippen LogP contribution in [0.15, 0.2) is 24.3 Å². The highest BCUT2D eigenvalue weighted by atomic mass is 32.2. The number of hydrogen-bond donors (Lipinski definition) is 1. The maximum absolute atomic E-state index is 11.9. The molecule has 2 aliphatic rings. The summed E-state index contributed by atoms with van der Waals surface area (Å²) in [6.45, 7) is 0.564. The molecular formula is C12H15NO3S. The minimum absolute atomic E-state index is 0.134. The molecule has 1 N–H and O–H groups in total. The van der Waals surface area contributed by atoms with Crippen molar-refractivity contribution in [3.05, 3.63) is 29.8 Å². The zero-order chi connectivity index (χ0) is 11.9. The molecule has 3 rings (SSSR count). The molecule has 0 saturated heterocycles. The Morgan fingerprint density at radius 3 is 2.71 bits per heavy atom. The van der Waals surface area contributed by atoms with Gasteiger partial charge in [-0.1, -0.05) is 18.2 Å². The third-order valence-corrected chi connectivity index (χ3v) is 5.19. The summed E-state index contributed by atoms with van der Waals surface area (Å²) in [5, 5.41) is -0.169. The van der Waals surface area contributed by atoms with Gasteiger partial charge in [-0.15, -0.1) is 0 Å². The molecular weight excluding hydrogens is 238 g/mol. The van der Waals surface area contributed by atoms with Gasteiger partial charge in [0.2, 0.25) is 10.0 Å². The number of benzene rings is 1. The average molecular weight is 253 g/mol. The van der Waals surface area contributed by atoms with Gasteiger partial charge < -0.3 is 4.74 Å². The highest BCUT2D eigenvalue weighted by Crippen LogP contribution is 2.34. The Labute approximate surface area is 101 Å². The molecule has 5 heteroatoms. The number of hydrogen-bond acceptors (Lipinski definition) is 3. The molecule has 1 atom stereocenters. The molecule has 92 valence electrons. The Morgan fingerprint density at radius 1 is 1.18 bits per heavy atom. The largest absolute Gasteiger partial charge is 0.493 e. The SMILES string of the molecule is O=S(=O)(NC1CCOc2ccccc21)C1CC1. The van der Waals surface area contributed by atoms with E-state index in [-0.39, 0.29) is 11.3 Å². The number of sulfonamides is 1. The molecule has 1 heterocycles. The maximum Gasteiger partial charge on any atom is 0.215 e. The third kappa shape index (κ3) is 2.17. The van der Waals surface area contributed by atoms with Crippen LogP contribution < -0.4 is 9.46 Å². The van der Waals surface area contributed by atoms with Crippen LogP contribution in [0.25, 0.3) is 0 Å². The van der Waals surface area contributed by atoms with Gasteiger partial charge in [0.1, 0.15) is 5.75 Å². The molecule has 1 aliphatic heterocycles. The van der Waals surface area contributed by atoms with Gasteiger partial charge in [-0.05, 0) is 18.9 Å². The Bertz CT molecular complexity index is 522. The lowest BCUT2D eigenvalue weighted by Gasteiger charge is -2.26. The standard InChI is InChI=1S/C12H15NO3S/c14-17(15,9-5-6-9)13-11-7-8-16-12-4-2-1-3-10(11)12/h1-4,9,11,13H,5-8H2. The summed E-state index contributed by atoms with van der Waals surface area (Å²) in [5.41, 5.74) is 0.947. The smallest absolute Gasteiger partial charge is 0.215 e. The van der Waals surface area contributed by atoms with E-state index < -0.39 is 10.0 Å². The molecule has 0 amide bonds. The van der Waals surface area contributed by atoms with Crippen molar-refractivity contribution in [1.82, 2.24) is 4.72 Å². The van der Waals surface area contributed by atoms with E-state index in [4.69, 9.17) is 4.74 Å². The second-order valence-corrected chi connectivity index (χ2v) is 6.58. The molecule has 4 nitrogen and oxygen atoms in total. The van der Waals surface area contributed by atoms with Crippen molar-refractivity contribution >= 4 is 10.0 Å².